The number of halogens is 4. The molecule has 2 rings (SSSR count). The standard InChI is InChI=1S/C14H9ClF3NO4S/c15-12-6-5-10(7-11(12)14(16,17)18)24(22,23)19-9-3-1-8(2-4-9)13(20)21/h1-7,19H,(H,20,21)/p-1. The van der Waals surface area contributed by atoms with Crippen LogP contribution in [0.25, 0.3) is 0 Å². The van der Waals surface area contributed by atoms with Crippen molar-refractivity contribution in [2.75, 3.05) is 4.72 Å². The van der Waals surface area contributed by atoms with E-state index in [0.717, 1.165) is 36.4 Å². The van der Waals surface area contributed by atoms with Crippen LogP contribution in [0.3, 0.4) is 0 Å². The van der Waals surface area contributed by atoms with Crippen molar-refractivity contribution in [3.8, 4) is 0 Å². The molecule has 0 aliphatic carbocycles. The SMILES string of the molecule is O=C([O-])c1ccc(NS(=O)(=O)c2ccc(Cl)c(C(F)(F)F)c2)cc1. The van der Waals surface area contributed by atoms with Gasteiger partial charge in [-0.05, 0) is 35.9 Å². The third-order valence-electron chi connectivity index (χ3n) is 2.93. The van der Waals surface area contributed by atoms with Crippen LogP contribution in [0.5, 0.6) is 0 Å². The van der Waals surface area contributed by atoms with Gasteiger partial charge in [-0.1, -0.05) is 23.7 Å². The Morgan fingerprint density at radius 2 is 1.67 bits per heavy atom. The zero-order valence-corrected chi connectivity index (χ0v) is 13.2. The van der Waals surface area contributed by atoms with Crippen molar-refractivity contribution < 1.29 is 31.5 Å². The van der Waals surface area contributed by atoms with Gasteiger partial charge in [-0.25, -0.2) is 8.42 Å². The summed E-state index contributed by atoms with van der Waals surface area (Å²) in [6, 6.07) is 6.65. The number of hydrogen-bond acceptors (Lipinski definition) is 4. The number of carboxylic acid groups (broad SMARTS) is 1. The molecule has 128 valence electrons. The molecule has 0 heterocycles. The molecular weight excluding hydrogens is 371 g/mol. The van der Waals surface area contributed by atoms with E-state index in [1.807, 2.05) is 4.72 Å². The van der Waals surface area contributed by atoms with E-state index in [1.165, 1.54) is 0 Å². The first-order valence-electron chi connectivity index (χ1n) is 6.22. The van der Waals surface area contributed by atoms with Crippen molar-refractivity contribution in [1.29, 1.82) is 0 Å². The van der Waals surface area contributed by atoms with Crippen LogP contribution >= 0.6 is 11.6 Å². The van der Waals surface area contributed by atoms with Gasteiger partial charge in [-0.3, -0.25) is 4.72 Å². The Balaban J connectivity index is 2.35. The summed E-state index contributed by atoms with van der Waals surface area (Å²) >= 11 is 5.44. The van der Waals surface area contributed by atoms with Gasteiger partial charge in [0.05, 0.1) is 21.5 Å². The Kier molecular flexibility index (Phi) is 4.77. The van der Waals surface area contributed by atoms with Crippen LogP contribution < -0.4 is 9.83 Å². The van der Waals surface area contributed by atoms with Crippen LogP contribution in [0.2, 0.25) is 5.02 Å². The number of alkyl halides is 3. The Labute approximate surface area is 139 Å². The van der Waals surface area contributed by atoms with E-state index in [0.29, 0.717) is 6.07 Å². The molecule has 0 aromatic heterocycles. The molecule has 2 aromatic rings. The first-order valence-corrected chi connectivity index (χ1v) is 8.08. The molecular formula is C14H8ClF3NO4S-. The van der Waals surface area contributed by atoms with Crippen LogP contribution in [-0.4, -0.2) is 14.4 Å². The van der Waals surface area contributed by atoms with Crippen LogP contribution in [-0.2, 0) is 16.2 Å². The Morgan fingerprint density at radius 1 is 1.08 bits per heavy atom. The lowest BCUT2D eigenvalue weighted by Gasteiger charge is -2.13. The van der Waals surface area contributed by atoms with E-state index in [2.05, 4.69) is 0 Å². The van der Waals surface area contributed by atoms with Crippen molar-refractivity contribution in [2.45, 2.75) is 11.1 Å². The Hall–Kier alpha value is -2.26. The number of anilines is 1. The predicted molar refractivity (Wildman–Crippen MR) is 78.0 cm³/mol. The number of hydrogen-bond donors (Lipinski definition) is 1. The van der Waals surface area contributed by atoms with E-state index in [-0.39, 0.29) is 11.3 Å². The van der Waals surface area contributed by atoms with E-state index in [9.17, 15) is 31.5 Å². The smallest absolute Gasteiger partial charge is 0.417 e. The summed E-state index contributed by atoms with van der Waals surface area (Å²) in [5.41, 5.74) is -1.48. The highest BCUT2D eigenvalue weighted by Crippen LogP contribution is 2.36. The number of carbonyl (C=O) groups excluding carboxylic acids is 1. The molecule has 0 aliphatic rings. The molecule has 5 nitrogen and oxygen atoms in total. The van der Waals surface area contributed by atoms with E-state index < -0.39 is 37.7 Å². The maximum Gasteiger partial charge on any atom is 0.417 e. The second kappa shape index (κ2) is 6.33. The molecule has 10 heteroatoms. The second-order valence-corrected chi connectivity index (χ2v) is 6.70. The van der Waals surface area contributed by atoms with Crippen LogP contribution in [0.1, 0.15) is 15.9 Å². The van der Waals surface area contributed by atoms with Crippen LogP contribution in [0, 0.1) is 0 Å². The molecule has 0 saturated heterocycles. The van der Waals surface area contributed by atoms with Gasteiger partial charge in [0, 0.05) is 5.69 Å². The number of carbonyl (C=O) groups is 1. The van der Waals surface area contributed by atoms with Gasteiger partial charge in [0.15, 0.2) is 0 Å². The minimum Gasteiger partial charge on any atom is -0.545 e. The number of sulfonamides is 1. The predicted octanol–water partition coefficient (Wildman–Crippen LogP) is 2.52. The van der Waals surface area contributed by atoms with Gasteiger partial charge in [-0.2, -0.15) is 13.2 Å². The molecule has 1 N–H and O–H groups in total. The Bertz CT molecular complexity index is 880. The highest BCUT2D eigenvalue weighted by Gasteiger charge is 2.34. The number of benzene rings is 2. The number of carboxylic acids is 1. The Morgan fingerprint density at radius 3 is 2.17 bits per heavy atom. The second-order valence-electron chi connectivity index (χ2n) is 4.61. The van der Waals surface area contributed by atoms with Gasteiger partial charge in [0.1, 0.15) is 0 Å². The van der Waals surface area contributed by atoms with E-state index in [4.69, 9.17) is 11.6 Å². The van der Waals surface area contributed by atoms with Gasteiger partial charge in [-0.15, -0.1) is 0 Å². The van der Waals surface area contributed by atoms with Crippen LogP contribution in [0.15, 0.2) is 47.4 Å². The molecule has 0 amide bonds. The molecule has 0 aliphatic heterocycles. The average molecular weight is 379 g/mol. The number of rotatable bonds is 4. The lowest BCUT2D eigenvalue weighted by Crippen LogP contribution is -2.22. The highest BCUT2D eigenvalue weighted by molar-refractivity contribution is 7.92. The molecule has 0 spiro atoms. The maximum atomic E-state index is 12.8. The fraction of sp³-hybridized carbons (Fsp3) is 0.0714. The summed E-state index contributed by atoms with van der Waals surface area (Å²) in [5, 5.41) is 9.99. The summed E-state index contributed by atoms with van der Waals surface area (Å²) in [6.07, 6.45) is -4.81. The number of aromatic carboxylic acids is 1. The van der Waals surface area contributed by atoms with Crippen molar-refractivity contribution >= 4 is 33.3 Å². The fourth-order valence-electron chi connectivity index (χ4n) is 1.78. The lowest BCUT2D eigenvalue weighted by molar-refractivity contribution is -0.255. The largest absolute Gasteiger partial charge is 0.545 e. The van der Waals surface area contributed by atoms with Gasteiger partial charge in [0.2, 0.25) is 0 Å². The molecule has 0 saturated carbocycles. The van der Waals surface area contributed by atoms with Crippen molar-refractivity contribution in [3.63, 3.8) is 0 Å². The minimum atomic E-state index is -4.81. The topological polar surface area (TPSA) is 86.3 Å². The van der Waals surface area contributed by atoms with Crippen molar-refractivity contribution in [1.82, 2.24) is 0 Å². The summed E-state index contributed by atoms with van der Waals surface area (Å²) in [7, 11) is -4.32. The third-order valence-corrected chi connectivity index (χ3v) is 4.63. The minimum absolute atomic E-state index is 0.0245. The van der Waals surface area contributed by atoms with Gasteiger partial charge >= 0.3 is 6.18 Å². The number of nitrogens with one attached hydrogen (secondary N) is 1. The van der Waals surface area contributed by atoms with Crippen molar-refractivity contribution in [2.24, 2.45) is 0 Å². The van der Waals surface area contributed by atoms with Gasteiger partial charge in [0.25, 0.3) is 10.0 Å². The summed E-state index contributed by atoms with van der Waals surface area (Å²) in [5.74, 6) is -1.45. The summed E-state index contributed by atoms with van der Waals surface area (Å²) in [4.78, 5) is 9.98. The van der Waals surface area contributed by atoms with E-state index in [1.54, 1.807) is 0 Å². The molecule has 2 aromatic carbocycles. The van der Waals surface area contributed by atoms with Crippen LogP contribution in [0.4, 0.5) is 18.9 Å². The summed E-state index contributed by atoms with van der Waals surface area (Å²) in [6.45, 7) is 0. The third kappa shape index (κ3) is 3.98. The van der Waals surface area contributed by atoms with Gasteiger partial charge < -0.3 is 9.90 Å². The monoisotopic (exact) mass is 378 g/mol. The molecule has 0 radical (unpaired) electrons. The molecule has 0 bridgehead atoms. The normalized spacial score (nSPS) is 12.0. The molecule has 24 heavy (non-hydrogen) atoms. The fourth-order valence-corrected chi connectivity index (χ4v) is 3.09. The maximum absolute atomic E-state index is 12.8. The molecule has 0 fully saturated rings. The highest BCUT2D eigenvalue weighted by atomic mass is 35.5. The zero-order chi connectivity index (χ0) is 18.1. The quantitative estimate of drug-likeness (QED) is 0.885. The first-order chi connectivity index (χ1) is 11.0. The summed E-state index contributed by atoms with van der Waals surface area (Å²) < 4.78 is 64.8. The molecule has 0 unspecified atom stereocenters. The average Bonchev–Trinajstić information content (AvgIpc) is 2.46. The lowest BCUT2D eigenvalue weighted by atomic mass is 10.2. The zero-order valence-electron chi connectivity index (χ0n) is 11.6. The van der Waals surface area contributed by atoms with Crippen molar-refractivity contribution in [3.05, 3.63) is 58.6 Å². The van der Waals surface area contributed by atoms with E-state index >= 15 is 0 Å². The first kappa shape index (κ1) is 18.1. The molecule has 0 atom stereocenters.